The van der Waals surface area contributed by atoms with Crippen LogP contribution in [0.25, 0.3) is 10.8 Å². The van der Waals surface area contributed by atoms with Gasteiger partial charge in [-0.25, -0.2) is 0 Å². The van der Waals surface area contributed by atoms with Crippen LogP contribution in [0.3, 0.4) is 0 Å². The maximum atomic E-state index is 6.17. The average Bonchev–Trinajstić information content (AvgIpc) is 2.73. The van der Waals surface area contributed by atoms with E-state index in [-0.39, 0.29) is 0 Å². The van der Waals surface area contributed by atoms with E-state index in [1.54, 1.807) is 6.07 Å². The summed E-state index contributed by atoms with van der Waals surface area (Å²) in [4.78, 5) is 0. The Balaban J connectivity index is 1.62. The van der Waals surface area contributed by atoms with E-state index in [0.29, 0.717) is 28.2 Å². The topological polar surface area (TPSA) is 21.3 Å². The van der Waals surface area contributed by atoms with Crippen LogP contribution in [-0.2, 0) is 13.2 Å². The molecule has 0 aromatic heterocycles. The fourth-order valence-corrected chi connectivity index (χ4v) is 3.73. The van der Waals surface area contributed by atoms with Crippen LogP contribution in [0.1, 0.15) is 11.1 Å². The van der Waals surface area contributed by atoms with Crippen molar-refractivity contribution in [2.24, 2.45) is 0 Å². The van der Waals surface area contributed by atoms with E-state index in [1.807, 2.05) is 54.6 Å². The van der Waals surface area contributed by atoms with Crippen molar-refractivity contribution in [2.45, 2.75) is 13.2 Å². The van der Waals surface area contributed by atoms with Gasteiger partial charge in [-0.05, 0) is 52.7 Å². The van der Waals surface area contributed by atoms with E-state index in [9.17, 15) is 0 Å². The van der Waals surface area contributed by atoms with Gasteiger partial charge < -0.3 is 10.1 Å². The van der Waals surface area contributed by atoms with Crippen LogP contribution in [0, 0.1) is 0 Å². The Bertz CT molecular complexity index is 1160. The lowest BCUT2D eigenvalue weighted by Gasteiger charge is -2.16. The molecule has 0 amide bonds. The first-order valence-corrected chi connectivity index (χ1v) is 10.3. The number of benzene rings is 4. The summed E-state index contributed by atoms with van der Waals surface area (Å²) in [6.45, 7) is 1.03. The number of rotatable bonds is 6. The van der Waals surface area contributed by atoms with Crippen molar-refractivity contribution in [1.29, 1.82) is 0 Å². The maximum Gasteiger partial charge on any atom is 0.125 e. The zero-order valence-electron chi connectivity index (χ0n) is 15.5. The molecule has 4 rings (SSSR count). The van der Waals surface area contributed by atoms with E-state index >= 15 is 0 Å². The summed E-state index contributed by atoms with van der Waals surface area (Å²) in [5.41, 5.74) is 3.00. The highest BCUT2D eigenvalue weighted by Crippen LogP contribution is 2.31. The summed E-state index contributed by atoms with van der Waals surface area (Å²) in [6, 6.07) is 25.6. The van der Waals surface area contributed by atoms with Crippen LogP contribution in [-0.4, -0.2) is 0 Å². The zero-order chi connectivity index (χ0) is 20.2. The van der Waals surface area contributed by atoms with Crippen LogP contribution in [0.15, 0.2) is 78.9 Å². The lowest BCUT2D eigenvalue weighted by molar-refractivity contribution is 0.304. The second kappa shape index (κ2) is 8.96. The van der Waals surface area contributed by atoms with Gasteiger partial charge in [-0.1, -0.05) is 77.3 Å². The van der Waals surface area contributed by atoms with Gasteiger partial charge in [-0.15, -0.1) is 0 Å². The highest BCUT2D eigenvalue weighted by atomic mass is 35.5. The Hall–Kier alpha value is -2.39. The second-order valence-corrected chi connectivity index (χ2v) is 7.92. The molecule has 0 radical (unpaired) electrons. The summed E-state index contributed by atoms with van der Waals surface area (Å²) < 4.78 is 6.17. The third-order valence-electron chi connectivity index (χ3n) is 4.67. The van der Waals surface area contributed by atoms with Crippen molar-refractivity contribution in [2.75, 3.05) is 5.32 Å². The third-order valence-corrected chi connectivity index (χ3v) is 5.64. The Labute approximate surface area is 185 Å². The molecule has 0 bridgehead atoms. The van der Waals surface area contributed by atoms with Crippen molar-refractivity contribution in [3.8, 4) is 5.75 Å². The molecule has 29 heavy (non-hydrogen) atoms. The van der Waals surface area contributed by atoms with Gasteiger partial charge in [0.15, 0.2) is 0 Å². The molecule has 0 atom stereocenters. The van der Waals surface area contributed by atoms with Crippen molar-refractivity contribution < 1.29 is 4.74 Å². The van der Waals surface area contributed by atoms with Crippen LogP contribution in [0.5, 0.6) is 5.75 Å². The molecule has 4 aromatic rings. The molecule has 0 aliphatic carbocycles. The third kappa shape index (κ3) is 4.79. The Morgan fingerprint density at radius 2 is 1.62 bits per heavy atom. The molecular weight excluding hydrogens is 425 g/mol. The second-order valence-electron chi connectivity index (χ2n) is 6.66. The standard InChI is InChI=1S/C24H18Cl3NO/c25-18-6-3-4-16(12-18)15-29-24-11-8-17-5-1-2-7-20(17)21(24)14-28-19-9-10-22(26)23(27)13-19/h1-13,28H,14-15H2. The van der Waals surface area contributed by atoms with Crippen LogP contribution < -0.4 is 10.1 Å². The molecular formula is C24H18Cl3NO. The van der Waals surface area contributed by atoms with E-state index in [2.05, 4.69) is 23.5 Å². The van der Waals surface area contributed by atoms with Crippen LogP contribution in [0.4, 0.5) is 5.69 Å². The van der Waals surface area contributed by atoms with Gasteiger partial charge >= 0.3 is 0 Å². The molecule has 0 aliphatic heterocycles. The minimum atomic E-state index is 0.443. The molecule has 0 saturated heterocycles. The average molecular weight is 443 g/mol. The van der Waals surface area contributed by atoms with Gasteiger partial charge in [0.25, 0.3) is 0 Å². The van der Waals surface area contributed by atoms with Gasteiger partial charge in [-0.3, -0.25) is 0 Å². The summed E-state index contributed by atoms with van der Waals surface area (Å²) >= 11 is 18.3. The van der Waals surface area contributed by atoms with Gasteiger partial charge in [-0.2, -0.15) is 0 Å². The maximum absolute atomic E-state index is 6.17. The number of fused-ring (bicyclic) bond motifs is 1. The molecule has 5 heteroatoms. The number of ether oxygens (including phenoxy) is 1. The van der Waals surface area contributed by atoms with Gasteiger partial charge in [0, 0.05) is 22.8 Å². The Kier molecular flexibility index (Phi) is 6.15. The monoisotopic (exact) mass is 441 g/mol. The van der Waals surface area contributed by atoms with Crippen molar-refractivity contribution in [3.63, 3.8) is 0 Å². The quantitative estimate of drug-likeness (QED) is 0.327. The molecule has 0 spiro atoms. The molecule has 4 aromatic carbocycles. The van der Waals surface area contributed by atoms with E-state index in [4.69, 9.17) is 39.5 Å². The number of hydrogen-bond acceptors (Lipinski definition) is 2. The van der Waals surface area contributed by atoms with Crippen LogP contribution in [0.2, 0.25) is 15.1 Å². The molecule has 146 valence electrons. The number of hydrogen-bond donors (Lipinski definition) is 1. The zero-order valence-corrected chi connectivity index (χ0v) is 17.7. The fourth-order valence-electron chi connectivity index (χ4n) is 3.22. The lowest BCUT2D eigenvalue weighted by Crippen LogP contribution is -2.05. The largest absolute Gasteiger partial charge is 0.489 e. The minimum absolute atomic E-state index is 0.443. The predicted molar refractivity (Wildman–Crippen MR) is 124 cm³/mol. The normalized spacial score (nSPS) is 10.9. The van der Waals surface area contributed by atoms with E-state index in [1.165, 1.54) is 0 Å². The van der Waals surface area contributed by atoms with Crippen molar-refractivity contribution >= 4 is 51.3 Å². The van der Waals surface area contributed by atoms with Gasteiger partial charge in [0.05, 0.1) is 10.0 Å². The smallest absolute Gasteiger partial charge is 0.125 e. The van der Waals surface area contributed by atoms with Gasteiger partial charge in [0.1, 0.15) is 12.4 Å². The highest BCUT2D eigenvalue weighted by molar-refractivity contribution is 6.42. The molecule has 0 unspecified atom stereocenters. The lowest BCUT2D eigenvalue weighted by atomic mass is 10.0. The van der Waals surface area contributed by atoms with E-state index < -0.39 is 0 Å². The van der Waals surface area contributed by atoms with Crippen LogP contribution >= 0.6 is 34.8 Å². The summed E-state index contributed by atoms with van der Waals surface area (Å²) in [6.07, 6.45) is 0. The summed E-state index contributed by atoms with van der Waals surface area (Å²) in [5.74, 6) is 0.830. The highest BCUT2D eigenvalue weighted by Gasteiger charge is 2.10. The molecule has 2 nitrogen and oxygen atoms in total. The predicted octanol–water partition coefficient (Wildman–Crippen LogP) is 7.99. The molecule has 0 aliphatic rings. The number of nitrogens with one attached hydrogen (secondary N) is 1. The Morgan fingerprint density at radius 3 is 2.45 bits per heavy atom. The van der Waals surface area contributed by atoms with Crippen molar-refractivity contribution in [3.05, 3.63) is 105 Å². The van der Waals surface area contributed by atoms with E-state index in [0.717, 1.165) is 33.3 Å². The first-order valence-electron chi connectivity index (χ1n) is 9.17. The summed E-state index contributed by atoms with van der Waals surface area (Å²) in [7, 11) is 0. The molecule has 0 heterocycles. The number of halogens is 3. The molecule has 1 N–H and O–H groups in total. The Morgan fingerprint density at radius 1 is 0.759 bits per heavy atom. The van der Waals surface area contributed by atoms with Gasteiger partial charge in [0.2, 0.25) is 0 Å². The summed E-state index contributed by atoms with van der Waals surface area (Å²) in [5, 5.41) is 7.48. The molecule has 0 saturated carbocycles. The first-order chi connectivity index (χ1) is 14.1. The van der Waals surface area contributed by atoms with Crippen molar-refractivity contribution in [1.82, 2.24) is 0 Å². The number of anilines is 1. The minimum Gasteiger partial charge on any atom is -0.489 e. The fraction of sp³-hybridized carbons (Fsp3) is 0.0833. The molecule has 0 fully saturated rings. The SMILES string of the molecule is Clc1cccc(COc2ccc3ccccc3c2CNc2ccc(Cl)c(Cl)c2)c1. The first kappa shape index (κ1) is 19.9.